The topological polar surface area (TPSA) is 79.5 Å². The van der Waals surface area contributed by atoms with Crippen LogP contribution in [-0.2, 0) is 4.79 Å². The number of carbonyl (C=O) groups excluding carboxylic acids is 1. The Labute approximate surface area is 202 Å². The first-order valence-electron chi connectivity index (χ1n) is 11.2. The highest BCUT2D eigenvalue weighted by molar-refractivity contribution is 7.99. The Hall–Kier alpha value is -3.56. The van der Waals surface area contributed by atoms with Crippen molar-refractivity contribution in [2.24, 2.45) is 0 Å². The summed E-state index contributed by atoms with van der Waals surface area (Å²) in [5, 5.41) is 13.8. The van der Waals surface area contributed by atoms with Gasteiger partial charge < -0.3 is 4.90 Å². The monoisotopic (exact) mass is 471 g/mol. The van der Waals surface area contributed by atoms with Crippen LogP contribution in [0.25, 0.3) is 23.1 Å². The highest BCUT2D eigenvalue weighted by Gasteiger charge is 2.21. The molecule has 4 aromatic rings. The molecule has 1 amide bonds. The summed E-state index contributed by atoms with van der Waals surface area (Å²) in [7, 11) is 0. The number of rotatable bonds is 7. The number of nitrogens with zero attached hydrogens (tertiary/aromatic N) is 7. The summed E-state index contributed by atoms with van der Waals surface area (Å²) in [6.07, 6.45) is 7.79. The van der Waals surface area contributed by atoms with Crippen molar-refractivity contribution in [3.8, 4) is 11.4 Å². The van der Waals surface area contributed by atoms with Gasteiger partial charge in [0.15, 0.2) is 11.5 Å². The summed E-state index contributed by atoms with van der Waals surface area (Å²) in [4.78, 5) is 21.2. The minimum Gasteiger partial charge on any atom is -0.339 e. The molecule has 0 atom stereocenters. The van der Waals surface area contributed by atoms with E-state index < -0.39 is 0 Å². The zero-order valence-corrected chi connectivity index (χ0v) is 19.5. The molecule has 1 aliphatic rings. The van der Waals surface area contributed by atoms with Crippen molar-refractivity contribution in [3.63, 3.8) is 0 Å². The summed E-state index contributed by atoms with van der Waals surface area (Å²) < 4.78 is 1.70. The molecule has 9 heteroatoms. The van der Waals surface area contributed by atoms with Gasteiger partial charge in [0.1, 0.15) is 5.03 Å². The van der Waals surface area contributed by atoms with Crippen LogP contribution in [0.15, 0.2) is 78.1 Å². The molecule has 172 valence electrons. The molecular formula is C25H25N7OS. The van der Waals surface area contributed by atoms with Gasteiger partial charge >= 0.3 is 0 Å². The maximum Gasteiger partial charge on any atom is 0.233 e. The fourth-order valence-electron chi connectivity index (χ4n) is 3.83. The Balaban J connectivity index is 1.13. The Morgan fingerprint density at radius 2 is 1.82 bits per heavy atom. The molecule has 0 aliphatic carbocycles. The lowest BCUT2D eigenvalue weighted by Gasteiger charge is -2.34. The van der Waals surface area contributed by atoms with Gasteiger partial charge in [-0.2, -0.15) is 9.61 Å². The maximum absolute atomic E-state index is 12.8. The molecule has 0 spiro atoms. The van der Waals surface area contributed by atoms with Crippen LogP contribution >= 0.6 is 11.8 Å². The van der Waals surface area contributed by atoms with Crippen LogP contribution < -0.4 is 0 Å². The van der Waals surface area contributed by atoms with Crippen molar-refractivity contribution in [1.82, 2.24) is 34.6 Å². The van der Waals surface area contributed by atoms with Crippen LogP contribution in [0.3, 0.4) is 0 Å². The minimum absolute atomic E-state index is 0.141. The molecule has 0 radical (unpaired) electrons. The van der Waals surface area contributed by atoms with Gasteiger partial charge in [-0.15, -0.1) is 10.2 Å². The van der Waals surface area contributed by atoms with Gasteiger partial charge in [-0.25, -0.2) is 0 Å². The quantitative estimate of drug-likeness (QED) is 0.383. The molecule has 34 heavy (non-hydrogen) atoms. The molecule has 0 unspecified atom stereocenters. The minimum atomic E-state index is 0.141. The number of thioether (sulfide) groups is 1. The second-order valence-electron chi connectivity index (χ2n) is 7.99. The number of hydrogen-bond acceptors (Lipinski definition) is 7. The average Bonchev–Trinajstić information content (AvgIpc) is 3.32. The van der Waals surface area contributed by atoms with E-state index in [0.29, 0.717) is 17.2 Å². The van der Waals surface area contributed by atoms with Gasteiger partial charge in [0.05, 0.1) is 5.75 Å². The van der Waals surface area contributed by atoms with Gasteiger partial charge in [0.25, 0.3) is 0 Å². The number of pyridine rings is 1. The Morgan fingerprint density at radius 3 is 2.62 bits per heavy atom. The predicted octanol–water partition coefficient (Wildman–Crippen LogP) is 3.14. The van der Waals surface area contributed by atoms with Crippen LogP contribution in [0.5, 0.6) is 0 Å². The molecular weight excluding hydrogens is 446 g/mol. The summed E-state index contributed by atoms with van der Waals surface area (Å²) in [6, 6.07) is 17.8. The van der Waals surface area contributed by atoms with Crippen molar-refractivity contribution in [1.29, 1.82) is 0 Å². The number of aromatic nitrogens is 5. The second-order valence-corrected chi connectivity index (χ2v) is 8.99. The SMILES string of the molecule is O=C(CSc1ccc2nnc(-c3cccnc3)n2n1)N1CCN(CC=Cc2ccccc2)CC1. The van der Waals surface area contributed by atoms with Crippen molar-refractivity contribution in [2.75, 3.05) is 38.5 Å². The maximum atomic E-state index is 12.8. The number of piperazine rings is 1. The van der Waals surface area contributed by atoms with E-state index in [2.05, 4.69) is 49.5 Å². The molecule has 5 rings (SSSR count). The summed E-state index contributed by atoms with van der Waals surface area (Å²) in [5.41, 5.74) is 2.71. The molecule has 1 saturated heterocycles. The van der Waals surface area contributed by atoms with Crippen LogP contribution in [0.2, 0.25) is 0 Å². The third-order valence-electron chi connectivity index (χ3n) is 5.70. The van der Waals surface area contributed by atoms with Crippen molar-refractivity contribution in [2.45, 2.75) is 5.03 Å². The molecule has 1 aliphatic heterocycles. The van der Waals surface area contributed by atoms with E-state index in [4.69, 9.17) is 0 Å². The molecule has 0 bridgehead atoms. The second kappa shape index (κ2) is 10.6. The van der Waals surface area contributed by atoms with Gasteiger partial charge in [-0.05, 0) is 29.8 Å². The smallest absolute Gasteiger partial charge is 0.233 e. The zero-order valence-electron chi connectivity index (χ0n) is 18.7. The van der Waals surface area contributed by atoms with Crippen LogP contribution in [0.4, 0.5) is 0 Å². The van der Waals surface area contributed by atoms with Gasteiger partial charge in [0.2, 0.25) is 5.91 Å². The highest BCUT2D eigenvalue weighted by atomic mass is 32.2. The Bertz CT molecular complexity index is 1270. The predicted molar refractivity (Wildman–Crippen MR) is 133 cm³/mol. The first kappa shape index (κ1) is 22.2. The molecule has 0 N–H and O–H groups in total. The van der Waals surface area contributed by atoms with Gasteiger partial charge in [-0.1, -0.05) is 54.2 Å². The van der Waals surface area contributed by atoms with Crippen LogP contribution in [-0.4, -0.2) is 79.0 Å². The lowest BCUT2D eigenvalue weighted by molar-refractivity contribution is -0.129. The zero-order chi connectivity index (χ0) is 23.2. The van der Waals surface area contributed by atoms with E-state index in [0.717, 1.165) is 43.3 Å². The van der Waals surface area contributed by atoms with Crippen molar-refractivity contribution < 1.29 is 4.79 Å². The number of hydrogen-bond donors (Lipinski definition) is 0. The number of fused-ring (bicyclic) bond motifs is 1. The first-order chi connectivity index (χ1) is 16.8. The summed E-state index contributed by atoms with van der Waals surface area (Å²) in [6.45, 7) is 4.17. The van der Waals surface area contributed by atoms with Gasteiger partial charge in [0, 0.05) is 50.7 Å². The molecule has 4 heterocycles. The van der Waals surface area contributed by atoms with Crippen LogP contribution in [0, 0.1) is 0 Å². The fourth-order valence-corrected chi connectivity index (χ4v) is 4.59. The Morgan fingerprint density at radius 1 is 0.971 bits per heavy atom. The van der Waals surface area contributed by atoms with Gasteiger partial charge in [-0.3, -0.25) is 14.7 Å². The number of amides is 1. The highest BCUT2D eigenvalue weighted by Crippen LogP contribution is 2.20. The van der Waals surface area contributed by atoms with Crippen molar-refractivity contribution in [3.05, 3.63) is 78.6 Å². The third kappa shape index (κ3) is 5.32. The lowest BCUT2D eigenvalue weighted by Crippen LogP contribution is -2.49. The molecule has 3 aromatic heterocycles. The summed E-state index contributed by atoms with van der Waals surface area (Å²) in [5.74, 6) is 1.13. The molecule has 0 saturated carbocycles. The number of benzene rings is 1. The van der Waals surface area contributed by atoms with E-state index in [-0.39, 0.29) is 5.91 Å². The lowest BCUT2D eigenvalue weighted by atomic mass is 10.2. The largest absolute Gasteiger partial charge is 0.339 e. The molecule has 1 fully saturated rings. The normalized spacial score (nSPS) is 14.8. The molecule has 8 nitrogen and oxygen atoms in total. The Kier molecular flexibility index (Phi) is 6.92. The number of carbonyl (C=O) groups is 1. The standard InChI is InChI=1S/C25H25N7OS/c33-24(31-16-14-30(15-17-31)13-5-8-20-6-2-1-3-7-20)19-34-23-11-10-22-27-28-25(32(22)29-23)21-9-4-12-26-18-21/h1-12,18H,13-17,19H2. The van der Waals surface area contributed by atoms with E-state index in [1.165, 1.54) is 17.3 Å². The van der Waals surface area contributed by atoms with E-state index in [9.17, 15) is 4.79 Å². The third-order valence-corrected chi connectivity index (χ3v) is 6.60. The fraction of sp³-hybridized carbons (Fsp3) is 0.240. The van der Waals surface area contributed by atoms with E-state index in [1.54, 1.807) is 16.9 Å². The molecule has 1 aromatic carbocycles. The summed E-state index contributed by atoms with van der Waals surface area (Å²) >= 11 is 1.44. The van der Waals surface area contributed by atoms with Crippen LogP contribution in [0.1, 0.15) is 5.56 Å². The van der Waals surface area contributed by atoms with Crippen molar-refractivity contribution >= 4 is 29.4 Å². The van der Waals surface area contributed by atoms with E-state index in [1.807, 2.05) is 47.4 Å². The first-order valence-corrected chi connectivity index (χ1v) is 12.2. The average molecular weight is 472 g/mol. The van der Waals surface area contributed by atoms with E-state index >= 15 is 0 Å².